The molecule has 2 nitrogen and oxygen atoms in total. The number of carbonyl (C=O) groups is 1. The predicted octanol–water partition coefficient (Wildman–Crippen LogP) is 2.90. The van der Waals surface area contributed by atoms with Crippen LogP contribution in [0.5, 0.6) is 0 Å². The van der Waals surface area contributed by atoms with Gasteiger partial charge in [-0.1, -0.05) is 28.9 Å². The van der Waals surface area contributed by atoms with Crippen LogP contribution in [0.25, 0.3) is 5.57 Å². The van der Waals surface area contributed by atoms with Crippen molar-refractivity contribution in [3.8, 4) is 0 Å². The van der Waals surface area contributed by atoms with Crippen LogP contribution in [0.4, 0.5) is 0 Å². The van der Waals surface area contributed by atoms with E-state index in [0.717, 1.165) is 28.4 Å². The molecule has 15 heavy (non-hydrogen) atoms. The number of hydrogen-bond acceptors (Lipinski definition) is 1. The molecule has 1 aromatic rings. The van der Waals surface area contributed by atoms with Gasteiger partial charge in [0.15, 0.2) is 0 Å². The molecule has 0 fully saturated rings. The van der Waals surface area contributed by atoms with Gasteiger partial charge in [-0.3, -0.25) is 4.79 Å². The van der Waals surface area contributed by atoms with Crippen molar-refractivity contribution in [3.05, 3.63) is 39.4 Å². The number of halogens is 1. The van der Waals surface area contributed by atoms with E-state index in [2.05, 4.69) is 28.9 Å². The fraction of sp³-hybridized carbons (Fsp3) is 0.250. The number of amides is 1. The van der Waals surface area contributed by atoms with Crippen molar-refractivity contribution in [2.24, 2.45) is 5.73 Å². The predicted molar refractivity (Wildman–Crippen MR) is 64.6 cm³/mol. The first-order chi connectivity index (χ1) is 7.15. The van der Waals surface area contributed by atoms with E-state index in [1.165, 1.54) is 5.57 Å². The van der Waals surface area contributed by atoms with Gasteiger partial charge < -0.3 is 5.73 Å². The summed E-state index contributed by atoms with van der Waals surface area (Å²) in [6, 6.07) is 3.69. The molecule has 0 saturated carbocycles. The highest BCUT2D eigenvalue weighted by atomic mass is 79.9. The number of primary amides is 1. The fourth-order valence-electron chi connectivity index (χ4n) is 2.06. The Bertz CT molecular complexity index is 463. The first-order valence-electron chi connectivity index (χ1n) is 4.95. The molecular weight excluding hydrogens is 254 g/mol. The Morgan fingerprint density at radius 2 is 2.27 bits per heavy atom. The quantitative estimate of drug-likeness (QED) is 0.878. The first kappa shape index (κ1) is 10.4. The molecule has 1 aliphatic carbocycles. The van der Waals surface area contributed by atoms with E-state index in [1.54, 1.807) is 6.07 Å². The van der Waals surface area contributed by atoms with Crippen molar-refractivity contribution in [2.75, 3.05) is 0 Å². The summed E-state index contributed by atoms with van der Waals surface area (Å²) in [5, 5.41) is 0. The van der Waals surface area contributed by atoms with Crippen LogP contribution in [0.15, 0.2) is 22.7 Å². The van der Waals surface area contributed by atoms with Gasteiger partial charge in [-0.25, -0.2) is 0 Å². The zero-order chi connectivity index (χ0) is 11.0. The third-order valence-electron chi connectivity index (χ3n) is 2.78. The number of hydrogen-bond donors (Lipinski definition) is 1. The Labute approximate surface area is 97.3 Å². The molecule has 0 spiro atoms. The van der Waals surface area contributed by atoms with Crippen molar-refractivity contribution < 1.29 is 4.79 Å². The van der Waals surface area contributed by atoms with Gasteiger partial charge in [0.05, 0.1) is 0 Å². The molecule has 3 heteroatoms. The molecule has 0 radical (unpaired) electrons. The van der Waals surface area contributed by atoms with Gasteiger partial charge in [-0.05, 0) is 41.7 Å². The number of allylic oxidation sites excluding steroid dienone is 2. The van der Waals surface area contributed by atoms with Crippen LogP contribution in [0.3, 0.4) is 0 Å². The molecule has 0 aromatic heterocycles. The molecule has 0 aliphatic heterocycles. The topological polar surface area (TPSA) is 43.1 Å². The zero-order valence-corrected chi connectivity index (χ0v) is 10.1. The number of rotatable bonds is 2. The van der Waals surface area contributed by atoms with E-state index in [0.29, 0.717) is 5.56 Å². The van der Waals surface area contributed by atoms with E-state index in [4.69, 9.17) is 5.73 Å². The highest BCUT2D eigenvalue weighted by Crippen LogP contribution is 2.37. The van der Waals surface area contributed by atoms with Gasteiger partial charge in [-0.2, -0.15) is 0 Å². The Balaban J connectivity index is 2.63. The Kier molecular flexibility index (Phi) is 2.65. The molecule has 0 bridgehead atoms. The van der Waals surface area contributed by atoms with Crippen LogP contribution in [-0.2, 0) is 6.42 Å². The molecule has 1 aliphatic rings. The van der Waals surface area contributed by atoms with E-state index in [9.17, 15) is 4.79 Å². The van der Waals surface area contributed by atoms with Crippen LogP contribution in [0.2, 0.25) is 0 Å². The van der Waals surface area contributed by atoms with Crippen LogP contribution in [0, 0.1) is 0 Å². The zero-order valence-electron chi connectivity index (χ0n) is 8.51. The third-order valence-corrected chi connectivity index (χ3v) is 3.44. The van der Waals surface area contributed by atoms with Crippen molar-refractivity contribution in [1.82, 2.24) is 0 Å². The number of benzene rings is 1. The van der Waals surface area contributed by atoms with Crippen LogP contribution >= 0.6 is 15.9 Å². The van der Waals surface area contributed by atoms with Gasteiger partial charge in [0, 0.05) is 10.0 Å². The lowest BCUT2D eigenvalue weighted by Gasteiger charge is -2.09. The lowest BCUT2D eigenvalue weighted by atomic mass is 9.99. The first-order valence-corrected chi connectivity index (χ1v) is 5.75. The second-order valence-corrected chi connectivity index (χ2v) is 4.45. The van der Waals surface area contributed by atoms with E-state index >= 15 is 0 Å². The van der Waals surface area contributed by atoms with Gasteiger partial charge in [0.2, 0.25) is 5.91 Å². The molecule has 2 rings (SSSR count). The lowest BCUT2D eigenvalue weighted by molar-refractivity contribution is 0.0999. The molecule has 0 saturated heterocycles. The average molecular weight is 266 g/mol. The van der Waals surface area contributed by atoms with Gasteiger partial charge in [-0.15, -0.1) is 0 Å². The van der Waals surface area contributed by atoms with Crippen LogP contribution < -0.4 is 5.73 Å². The van der Waals surface area contributed by atoms with Crippen LogP contribution in [0.1, 0.15) is 34.8 Å². The summed E-state index contributed by atoms with van der Waals surface area (Å²) in [7, 11) is 0. The summed E-state index contributed by atoms with van der Waals surface area (Å²) in [6.45, 7) is 2.12. The summed E-state index contributed by atoms with van der Waals surface area (Å²) in [4.78, 5) is 11.3. The summed E-state index contributed by atoms with van der Waals surface area (Å²) >= 11 is 3.52. The number of fused-ring (bicyclic) bond motifs is 1. The second-order valence-electron chi connectivity index (χ2n) is 3.60. The Morgan fingerprint density at radius 3 is 2.87 bits per heavy atom. The maximum absolute atomic E-state index is 11.3. The van der Waals surface area contributed by atoms with E-state index in [-0.39, 0.29) is 5.91 Å². The monoisotopic (exact) mass is 265 g/mol. The van der Waals surface area contributed by atoms with Crippen molar-refractivity contribution >= 4 is 27.4 Å². The van der Waals surface area contributed by atoms with Crippen LogP contribution in [-0.4, -0.2) is 5.91 Å². The third kappa shape index (κ3) is 1.61. The summed E-state index contributed by atoms with van der Waals surface area (Å²) < 4.78 is 1.05. The van der Waals surface area contributed by atoms with Gasteiger partial charge >= 0.3 is 0 Å². The second kappa shape index (κ2) is 3.81. The molecule has 0 atom stereocenters. The van der Waals surface area contributed by atoms with Crippen molar-refractivity contribution in [2.45, 2.75) is 19.8 Å². The minimum absolute atomic E-state index is 0.343. The number of carbonyl (C=O) groups excluding carboxylic acids is 1. The minimum atomic E-state index is -0.343. The molecule has 78 valence electrons. The summed E-state index contributed by atoms with van der Waals surface area (Å²) in [5.41, 5.74) is 9.51. The Morgan fingerprint density at radius 1 is 1.53 bits per heavy atom. The molecule has 2 N–H and O–H groups in total. The summed E-state index contributed by atoms with van der Waals surface area (Å²) in [5.74, 6) is -0.343. The highest BCUT2D eigenvalue weighted by molar-refractivity contribution is 9.10. The molecule has 1 amide bonds. The maximum Gasteiger partial charge on any atom is 0.249 e. The lowest BCUT2D eigenvalue weighted by Crippen LogP contribution is -2.13. The SMILES string of the molecule is CCC1=CCc2c(C(N)=O)ccc(Br)c21. The maximum atomic E-state index is 11.3. The van der Waals surface area contributed by atoms with Gasteiger partial charge in [0.25, 0.3) is 0 Å². The van der Waals surface area contributed by atoms with Gasteiger partial charge in [0.1, 0.15) is 0 Å². The molecule has 0 heterocycles. The fourth-order valence-corrected chi connectivity index (χ4v) is 2.68. The summed E-state index contributed by atoms with van der Waals surface area (Å²) in [6.07, 6.45) is 3.96. The van der Waals surface area contributed by atoms with Crippen molar-refractivity contribution in [3.63, 3.8) is 0 Å². The standard InChI is InChI=1S/C12H12BrNO/c1-2-7-3-4-8-9(12(14)15)5-6-10(13)11(7)8/h3,5-6H,2,4H2,1H3,(H2,14,15). The highest BCUT2D eigenvalue weighted by Gasteiger charge is 2.20. The minimum Gasteiger partial charge on any atom is -0.366 e. The van der Waals surface area contributed by atoms with Crippen molar-refractivity contribution in [1.29, 1.82) is 0 Å². The molecule has 0 unspecified atom stereocenters. The Hall–Kier alpha value is -1.09. The largest absolute Gasteiger partial charge is 0.366 e. The smallest absolute Gasteiger partial charge is 0.249 e. The molecular formula is C12H12BrNO. The number of nitrogens with two attached hydrogens (primary N) is 1. The van der Waals surface area contributed by atoms with E-state index < -0.39 is 0 Å². The normalized spacial score (nSPS) is 13.6. The molecule has 1 aromatic carbocycles. The average Bonchev–Trinajstić information content (AvgIpc) is 2.62. The van der Waals surface area contributed by atoms with E-state index in [1.807, 2.05) is 6.07 Å².